The number of ether oxygens (including phenoxy) is 1. The fourth-order valence-electron chi connectivity index (χ4n) is 3.40. The zero-order valence-electron chi connectivity index (χ0n) is 17.3. The minimum absolute atomic E-state index is 0.0552. The first-order valence-corrected chi connectivity index (χ1v) is 11.0. The Hall–Kier alpha value is -2.69. The number of sulfonamides is 1. The van der Waals surface area contributed by atoms with E-state index in [2.05, 4.69) is 0 Å². The number of piperazine rings is 1. The number of hydrogen-bond donors (Lipinski definition) is 0. The number of hydrogen-bond acceptors (Lipinski definition) is 7. The summed E-state index contributed by atoms with van der Waals surface area (Å²) < 4.78 is 32.4. The number of nitrogens with zero attached hydrogens (tertiary/aromatic N) is 4. The normalized spacial score (nSPS) is 15.7. The predicted octanol–water partition coefficient (Wildman–Crippen LogP) is 2.18. The number of methoxy groups -OCH3 is 1. The van der Waals surface area contributed by atoms with Crippen molar-refractivity contribution < 1.29 is 18.1 Å². The topological polar surface area (TPSA) is 96.2 Å². The summed E-state index contributed by atoms with van der Waals surface area (Å²) in [7, 11) is 1.47. The summed E-state index contributed by atoms with van der Waals surface area (Å²) in [6, 6.07) is 11.5. The van der Waals surface area contributed by atoms with Gasteiger partial charge < -0.3 is 14.5 Å². The maximum atomic E-state index is 13.0. The van der Waals surface area contributed by atoms with E-state index in [1.165, 1.54) is 16.4 Å². The number of rotatable bonds is 7. The van der Waals surface area contributed by atoms with Gasteiger partial charge in [-0.1, -0.05) is 12.1 Å². The lowest BCUT2D eigenvalue weighted by atomic mass is 10.2. The van der Waals surface area contributed by atoms with Crippen LogP contribution in [0.15, 0.2) is 47.4 Å². The summed E-state index contributed by atoms with van der Waals surface area (Å²) in [5.74, 6) is 0.728. The molecule has 10 heteroatoms. The molecule has 2 aromatic carbocycles. The van der Waals surface area contributed by atoms with Crippen LogP contribution in [-0.2, 0) is 16.6 Å². The van der Waals surface area contributed by atoms with E-state index in [-0.39, 0.29) is 10.6 Å². The molecule has 0 spiro atoms. The van der Waals surface area contributed by atoms with Crippen molar-refractivity contribution in [1.82, 2.24) is 9.21 Å². The van der Waals surface area contributed by atoms with Crippen molar-refractivity contribution in [2.24, 2.45) is 0 Å². The van der Waals surface area contributed by atoms with Crippen LogP contribution in [-0.4, -0.2) is 69.9 Å². The largest absolute Gasteiger partial charge is 0.497 e. The molecule has 2 aromatic rings. The SMILES string of the molecule is COc1ccc(CN(C)c2ccc(S(=O)(=O)N3CCN(C)CC3)cc2[N+](=O)[O-])cc1. The molecule has 0 bridgehead atoms. The zero-order valence-corrected chi connectivity index (χ0v) is 18.1. The van der Waals surface area contributed by atoms with E-state index in [9.17, 15) is 18.5 Å². The van der Waals surface area contributed by atoms with E-state index in [0.717, 1.165) is 17.4 Å². The van der Waals surface area contributed by atoms with Crippen molar-refractivity contribution in [3.05, 3.63) is 58.1 Å². The van der Waals surface area contributed by atoms with E-state index in [1.54, 1.807) is 19.1 Å². The summed E-state index contributed by atoms with van der Waals surface area (Å²) >= 11 is 0. The summed E-state index contributed by atoms with van der Waals surface area (Å²) in [4.78, 5) is 14.9. The first kappa shape index (κ1) is 22.0. The predicted molar refractivity (Wildman–Crippen MR) is 114 cm³/mol. The second-order valence-corrected chi connectivity index (χ2v) is 9.26. The van der Waals surface area contributed by atoms with Crippen molar-refractivity contribution in [3.8, 4) is 5.75 Å². The molecule has 0 radical (unpaired) electrons. The van der Waals surface area contributed by atoms with Gasteiger partial charge in [0.25, 0.3) is 5.69 Å². The molecule has 9 nitrogen and oxygen atoms in total. The van der Waals surface area contributed by atoms with Crippen LogP contribution in [0, 0.1) is 10.1 Å². The fraction of sp³-hybridized carbons (Fsp3) is 0.400. The molecule has 0 aromatic heterocycles. The van der Waals surface area contributed by atoms with Crippen LogP contribution < -0.4 is 9.64 Å². The van der Waals surface area contributed by atoms with Gasteiger partial charge in [0.15, 0.2) is 0 Å². The summed E-state index contributed by atoms with van der Waals surface area (Å²) in [5.41, 5.74) is 1.07. The third kappa shape index (κ3) is 4.72. The first-order valence-electron chi connectivity index (χ1n) is 9.53. The average molecular weight is 435 g/mol. The molecule has 1 fully saturated rings. The Morgan fingerprint density at radius 2 is 1.73 bits per heavy atom. The van der Waals surface area contributed by atoms with Crippen LogP contribution in [0.2, 0.25) is 0 Å². The molecule has 0 aliphatic carbocycles. The maximum absolute atomic E-state index is 13.0. The van der Waals surface area contributed by atoms with Crippen molar-refractivity contribution >= 4 is 21.4 Å². The third-order valence-corrected chi connectivity index (χ3v) is 7.13. The Morgan fingerprint density at radius 1 is 1.10 bits per heavy atom. The van der Waals surface area contributed by atoms with E-state index >= 15 is 0 Å². The molecule has 3 rings (SSSR count). The number of nitro groups is 1. The fourth-order valence-corrected chi connectivity index (χ4v) is 4.84. The van der Waals surface area contributed by atoms with Gasteiger partial charge in [0.2, 0.25) is 10.0 Å². The third-order valence-electron chi connectivity index (χ3n) is 5.23. The van der Waals surface area contributed by atoms with Gasteiger partial charge in [-0.2, -0.15) is 4.31 Å². The highest BCUT2D eigenvalue weighted by Gasteiger charge is 2.30. The van der Waals surface area contributed by atoms with E-state index in [0.29, 0.717) is 38.4 Å². The molecule has 0 amide bonds. The highest BCUT2D eigenvalue weighted by atomic mass is 32.2. The molecule has 1 aliphatic rings. The average Bonchev–Trinajstić information content (AvgIpc) is 2.74. The Labute approximate surface area is 176 Å². The van der Waals surface area contributed by atoms with Gasteiger partial charge in [0.1, 0.15) is 11.4 Å². The number of nitro benzene ring substituents is 1. The van der Waals surface area contributed by atoms with Gasteiger partial charge in [-0.25, -0.2) is 8.42 Å². The quantitative estimate of drug-likeness (QED) is 0.487. The molecule has 1 heterocycles. The Balaban J connectivity index is 1.86. The molecule has 0 atom stereocenters. The molecule has 1 saturated heterocycles. The first-order chi connectivity index (χ1) is 14.2. The molecular weight excluding hydrogens is 408 g/mol. The van der Waals surface area contributed by atoms with Crippen molar-refractivity contribution in [2.45, 2.75) is 11.4 Å². The minimum Gasteiger partial charge on any atom is -0.497 e. The van der Waals surface area contributed by atoms with Crippen LogP contribution in [0.5, 0.6) is 5.75 Å². The monoisotopic (exact) mass is 434 g/mol. The van der Waals surface area contributed by atoms with E-state index in [4.69, 9.17) is 4.74 Å². The Kier molecular flexibility index (Phi) is 6.59. The van der Waals surface area contributed by atoms with Gasteiger partial charge in [-0.15, -0.1) is 0 Å². The smallest absolute Gasteiger partial charge is 0.293 e. The molecule has 0 N–H and O–H groups in total. The second kappa shape index (κ2) is 8.99. The summed E-state index contributed by atoms with van der Waals surface area (Å²) in [6.45, 7) is 2.42. The van der Waals surface area contributed by atoms with Crippen LogP contribution in [0.25, 0.3) is 0 Å². The lowest BCUT2D eigenvalue weighted by Crippen LogP contribution is -2.47. The van der Waals surface area contributed by atoms with Crippen molar-refractivity contribution in [1.29, 1.82) is 0 Å². The molecule has 0 unspecified atom stereocenters. The van der Waals surface area contributed by atoms with Crippen LogP contribution >= 0.6 is 0 Å². The highest BCUT2D eigenvalue weighted by Crippen LogP contribution is 2.32. The minimum atomic E-state index is -3.78. The van der Waals surface area contributed by atoms with Crippen LogP contribution in [0.3, 0.4) is 0 Å². The van der Waals surface area contributed by atoms with E-state index in [1.807, 2.05) is 36.2 Å². The molecule has 30 heavy (non-hydrogen) atoms. The second-order valence-electron chi connectivity index (χ2n) is 7.32. The van der Waals surface area contributed by atoms with Crippen molar-refractivity contribution in [3.63, 3.8) is 0 Å². The zero-order chi connectivity index (χ0) is 21.9. The molecular formula is C20H26N4O5S. The van der Waals surface area contributed by atoms with Gasteiger partial charge in [0, 0.05) is 45.8 Å². The van der Waals surface area contributed by atoms with Gasteiger partial charge >= 0.3 is 0 Å². The maximum Gasteiger partial charge on any atom is 0.293 e. The van der Waals surface area contributed by atoms with Crippen LogP contribution in [0.4, 0.5) is 11.4 Å². The summed E-state index contributed by atoms with van der Waals surface area (Å²) in [5, 5.41) is 11.7. The van der Waals surface area contributed by atoms with Gasteiger partial charge in [-0.05, 0) is 36.9 Å². The highest BCUT2D eigenvalue weighted by molar-refractivity contribution is 7.89. The molecule has 162 valence electrons. The van der Waals surface area contributed by atoms with Crippen molar-refractivity contribution in [2.75, 3.05) is 52.3 Å². The lowest BCUT2D eigenvalue weighted by Gasteiger charge is -2.31. The summed E-state index contributed by atoms with van der Waals surface area (Å²) in [6.07, 6.45) is 0. The standard InChI is InChI=1S/C20H26N4O5S/c1-21-10-12-23(13-11-21)30(27,28)18-8-9-19(20(14-18)24(25)26)22(2)15-16-4-6-17(29-3)7-5-16/h4-9,14H,10-13,15H2,1-3H3. The lowest BCUT2D eigenvalue weighted by molar-refractivity contribution is -0.384. The molecule has 0 saturated carbocycles. The number of anilines is 1. The Bertz CT molecular complexity index is 1000. The van der Waals surface area contributed by atoms with Gasteiger partial charge in [0.05, 0.1) is 16.9 Å². The van der Waals surface area contributed by atoms with E-state index < -0.39 is 14.9 Å². The number of benzene rings is 2. The molecule has 1 aliphatic heterocycles. The van der Waals surface area contributed by atoms with Crippen LogP contribution in [0.1, 0.15) is 5.56 Å². The number of likely N-dealkylation sites (N-methyl/N-ethyl adjacent to an activating group) is 1. The van der Waals surface area contributed by atoms with Gasteiger partial charge in [-0.3, -0.25) is 10.1 Å². The Morgan fingerprint density at radius 3 is 2.30 bits per heavy atom.